The molecule has 4 fully saturated rings. The van der Waals surface area contributed by atoms with Crippen molar-refractivity contribution in [2.45, 2.75) is 119 Å². The lowest BCUT2D eigenvalue weighted by atomic mass is 9.32. The van der Waals surface area contributed by atoms with Crippen LogP contribution in [-0.4, -0.2) is 11.2 Å². The van der Waals surface area contributed by atoms with E-state index in [1.54, 1.807) is 5.57 Å². The van der Waals surface area contributed by atoms with Gasteiger partial charge in [0.05, 0.1) is 6.10 Å². The van der Waals surface area contributed by atoms with Crippen molar-refractivity contribution in [1.82, 2.24) is 0 Å². The van der Waals surface area contributed by atoms with Crippen LogP contribution in [-0.2, 0) is 0 Å². The molecule has 0 aromatic rings. The molecule has 1 heteroatoms. The van der Waals surface area contributed by atoms with E-state index in [2.05, 4.69) is 61.5 Å². The zero-order valence-corrected chi connectivity index (χ0v) is 21.9. The first-order valence-corrected chi connectivity index (χ1v) is 13.7. The molecule has 0 bridgehead atoms. The Kier molecular flexibility index (Phi) is 4.82. The second kappa shape index (κ2) is 6.64. The normalized spacial score (nSPS) is 55.7. The van der Waals surface area contributed by atoms with Crippen LogP contribution in [0.15, 0.2) is 11.6 Å². The molecule has 176 valence electrons. The minimum Gasteiger partial charge on any atom is -0.392 e. The Morgan fingerprint density at radius 1 is 0.871 bits per heavy atom. The van der Waals surface area contributed by atoms with Gasteiger partial charge in [0.25, 0.3) is 0 Å². The summed E-state index contributed by atoms with van der Waals surface area (Å²) in [7, 11) is 0. The number of fused-ring (bicyclic) bond motifs is 7. The standard InChI is InChI=1S/C30H50O/c1-19(2)20-10-11-21-25-22(31)18-24-28(6)14-9-13-26(3,4)23(28)12-15-29(24,7)30(25,8)17-16-27(20,21)5/h11,19-20,22-25,31H,9-10,12-18H2,1-8H3/t20-,22+,23?,24-,25+,27-,28+,29-,30-/m1/s1. The highest BCUT2D eigenvalue weighted by Gasteiger charge is 2.70. The smallest absolute Gasteiger partial charge is 0.0614 e. The van der Waals surface area contributed by atoms with Gasteiger partial charge in [0.2, 0.25) is 0 Å². The van der Waals surface area contributed by atoms with Crippen molar-refractivity contribution in [3.63, 3.8) is 0 Å². The molecule has 9 atom stereocenters. The van der Waals surface area contributed by atoms with Crippen LogP contribution in [0.1, 0.15) is 113 Å². The summed E-state index contributed by atoms with van der Waals surface area (Å²) in [6.45, 7) is 20.4. The minimum atomic E-state index is -0.152. The van der Waals surface area contributed by atoms with E-state index in [4.69, 9.17) is 0 Å². The van der Waals surface area contributed by atoms with Gasteiger partial charge in [-0.15, -0.1) is 0 Å². The fourth-order valence-electron chi connectivity index (χ4n) is 11.3. The van der Waals surface area contributed by atoms with Gasteiger partial charge in [-0.3, -0.25) is 0 Å². The highest BCUT2D eigenvalue weighted by atomic mass is 16.3. The van der Waals surface area contributed by atoms with Crippen LogP contribution in [0.3, 0.4) is 0 Å². The Morgan fingerprint density at radius 3 is 2.26 bits per heavy atom. The molecule has 1 nitrogen and oxygen atoms in total. The highest BCUT2D eigenvalue weighted by Crippen LogP contribution is 2.76. The van der Waals surface area contributed by atoms with Gasteiger partial charge in [0, 0.05) is 5.92 Å². The SMILES string of the molecule is CC(C)[C@H]1CC=C2[C@H]3[C@@H](O)C[C@@H]4[C@@]5(C)CCCC(C)(C)C5CC[C@@]4(C)[C@]3(C)CC[C@@]21C. The van der Waals surface area contributed by atoms with Crippen molar-refractivity contribution >= 4 is 0 Å². The molecule has 0 amide bonds. The van der Waals surface area contributed by atoms with Crippen LogP contribution < -0.4 is 0 Å². The van der Waals surface area contributed by atoms with E-state index < -0.39 is 0 Å². The maximum Gasteiger partial charge on any atom is 0.0614 e. The maximum absolute atomic E-state index is 11.9. The third-order valence-electron chi connectivity index (χ3n) is 13.0. The molecule has 0 radical (unpaired) electrons. The summed E-state index contributed by atoms with van der Waals surface area (Å²) >= 11 is 0. The van der Waals surface area contributed by atoms with Crippen LogP contribution in [0.25, 0.3) is 0 Å². The molecular formula is C30H50O. The average Bonchev–Trinajstić information content (AvgIpc) is 3.00. The van der Waals surface area contributed by atoms with E-state index in [9.17, 15) is 5.11 Å². The zero-order valence-electron chi connectivity index (χ0n) is 21.9. The van der Waals surface area contributed by atoms with Gasteiger partial charge in [-0.05, 0) is 102 Å². The molecule has 0 heterocycles. The first kappa shape index (κ1) is 22.5. The lowest BCUT2D eigenvalue weighted by molar-refractivity contribution is -0.237. The topological polar surface area (TPSA) is 20.2 Å². The van der Waals surface area contributed by atoms with Gasteiger partial charge in [0.1, 0.15) is 0 Å². The van der Waals surface area contributed by atoms with Crippen molar-refractivity contribution in [1.29, 1.82) is 0 Å². The zero-order chi connectivity index (χ0) is 22.6. The third-order valence-corrected chi connectivity index (χ3v) is 13.0. The molecule has 0 aromatic carbocycles. The number of rotatable bonds is 1. The highest BCUT2D eigenvalue weighted by molar-refractivity contribution is 5.34. The molecule has 0 aliphatic heterocycles. The van der Waals surface area contributed by atoms with Gasteiger partial charge >= 0.3 is 0 Å². The quantitative estimate of drug-likeness (QED) is 0.421. The van der Waals surface area contributed by atoms with Crippen LogP contribution in [0, 0.1) is 56.7 Å². The largest absolute Gasteiger partial charge is 0.392 e. The van der Waals surface area contributed by atoms with Gasteiger partial charge in [0.15, 0.2) is 0 Å². The van der Waals surface area contributed by atoms with E-state index in [1.165, 1.54) is 51.4 Å². The molecule has 5 rings (SSSR count). The molecule has 5 aliphatic rings. The Hall–Kier alpha value is -0.300. The molecule has 0 saturated heterocycles. The molecule has 0 aromatic heterocycles. The fourth-order valence-corrected chi connectivity index (χ4v) is 11.3. The van der Waals surface area contributed by atoms with Gasteiger partial charge in [-0.1, -0.05) is 73.5 Å². The monoisotopic (exact) mass is 426 g/mol. The van der Waals surface area contributed by atoms with E-state index in [-0.39, 0.29) is 11.5 Å². The van der Waals surface area contributed by atoms with Crippen molar-refractivity contribution in [2.75, 3.05) is 0 Å². The summed E-state index contributed by atoms with van der Waals surface area (Å²) in [6, 6.07) is 0. The van der Waals surface area contributed by atoms with Crippen LogP contribution in [0.4, 0.5) is 0 Å². The van der Waals surface area contributed by atoms with Crippen molar-refractivity contribution in [3.8, 4) is 0 Å². The Balaban J connectivity index is 1.57. The number of aliphatic hydroxyl groups is 1. The average molecular weight is 427 g/mol. The Bertz CT molecular complexity index is 777. The lowest BCUT2D eigenvalue weighted by Gasteiger charge is -2.72. The second-order valence-electron chi connectivity index (χ2n) is 14.8. The van der Waals surface area contributed by atoms with Gasteiger partial charge in [-0.2, -0.15) is 0 Å². The van der Waals surface area contributed by atoms with E-state index >= 15 is 0 Å². The number of hydrogen-bond acceptors (Lipinski definition) is 1. The molecule has 0 spiro atoms. The van der Waals surface area contributed by atoms with Crippen molar-refractivity contribution in [2.24, 2.45) is 56.7 Å². The number of hydrogen-bond donors (Lipinski definition) is 1. The molecule has 1 unspecified atom stereocenters. The van der Waals surface area contributed by atoms with E-state index in [1.807, 2.05) is 0 Å². The second-order valence-corrected chi connectivity index (χ2v) is 14.8. The third kappa shape index (κ3) is 2.65. The predicted molar refractivity (Wildman–Crippen MR) is 131 cm³/mol. The first-order valence-electron chi connectivity index (χ1n) is 13.7. The van der Waals surface area contributed by atoms with Gasteiger partial charge in [-0.25, -0.2) is 0 Å². The van der Waals surface area contributed by atoms with Crippen molar-refractivity contribution in [3.05, 3.63) is 11.6 Å². The summed E-state index contributed by atoms with van der Waals surface area (Å²) in [6.07, 6.45) is 14.3. The molecular weight excluding hydrogens is 376 g/mol. The molecule has 4 saturated carbocycles. The molecule has 5 aliphatic carbocycles. The Labute approximate surface area is 192 Å². The molecule has 1 N–H and O–H groups in total. The fraction of sp³-hybridized carbons (Fsp3) is 0.933. The van der Waals surface area contributed by atoms with Crippen molar-refractivity contribution < 1.29 is 5.11 Å². The number of allylic oxidation sites excluding steroid dienone is 1. The summed E-state index contributed by atoms with van der Waals surface area (Å²) in [5.74, 6) is 3.36. The van der Waals surface area contributed by atoms with Crippen LogP contribution in [0.2, 0.25) is 0 Å². The Morgan fingerprint density at radius 2 is 1.58 bits per heavy atom. The van der Waals surface area contributed by atoms with Crippen LogP contribution in [0.5, 0.6) is 0 Å². The summed E-state index contributed by atoms with van der Waals surface area (Å²) < 4.78 is 0. The summed E-state index contributed by atoms with van der Waals surface area (Å²) in [4.78, 5) is 0. The van der Waals surface area contributed by atoms with E-state index in [0.717, 1.165) is 24.2 Å². The minimum absolute atomic E-state index is 0.152. The predicted octanol–water partition coefficient (Wildman–Crippen LogP) is 8.02. The summed E-state index contributed by atoms with van der Waals surface area (Å²) in [5, 5.41) is 11.9. The molecule has 31 heavy (non-hydrogen) atoms. The first-order chi connectivity index (χ1) is 14.3. The maximum atomic E-state index is 11.9. The lowest BCUT2D eigenvalue weighted by Crippen LogP contribution is -2.67. The van der Waals surface area contributed by atoms with E-state index in [0.29, 0.717) is 33.5 Å². The summed E-state index contributed by atoms with van der Waals surface area (Å²) in [5.41, 5.74) is 3.44. The van der Waals surface area contributed by atoms with Gasteiger partial charge < -0.3 is 5.11 Å². The number of aliphatic hydroxyl groups excluding tert-OH is 1. The van der Waals surface area contributed by atoms with Crippen LogP contribution >= 0.6 is 0 Å².